The minimum Gasteiger partial charge on any atom is -0.352 e. The van der Waals surface area contributed by atoms with Gasteiger partial charge in [0.1, 0.15) is 0 Å². The topological polar surface area (TPSA) is 41.5 Å². The summed E-state index contributed by atoms with van der Waals surface area (Å²) in [6.07, 6.45) is 17.1. The molecule has 1 saturated carbocycles. The number of amides is 1. The molecule has 0 aromatic heterocycles. The second-order valence-electron chi connectivity index (χ2n) is 6.89. The molecule has 2 rings (SSSR count). The predicted molar refractivity (Wildman–Crippen MR) is 97.8 cm³/mol. The lowest BCUT2D eigenvalue weighted by Gasteiger charge is -2.21. The summed E-state index contributed by atoms with van der Waals surface area (Å²) < 4.78 is 0. The van der Waals surface area contributed by atoms with E-state index >= 15 is 0 Å². The molecule has 3 nitrogen and oxygen atoms in total. The number of nitrogens with one attached hydrogen (secondary N) is 1. The van der Waals surface area contributed by atoms with Crippen LogP contribution in [0.4, 0.5) is 0 Å². The molecule has 1 unspecified atom stereocenters. The molecular weight excluding hydrogens is 284 g/mol. The van der Waals surface area contributed by atoms with Gasteiger partial charge in [0.05, 0.1) is 5.57 Å². The summed E-state index contributed by atoms with van der Waals surface area (Å²) in [7, 11) is 0. The summed E-state index contributed by atoms with van der Waals surface area (Å²) in [6, 6.07) is 0.410. The highest BCUT2D eigenvalue weighted by molar-refractivity contribution is 6.13. The van der Waals surface area contributed by atoms with Gasteiger partial charge >= 0.3 is 0 Å². The van der Waals surface area contributed by atoms with Crippen molar-refractivity contribution in [1.29, 1.82) is 0 Å². The van der Waals surface area contributed by atoms with Gasteiger partial charge in [-0.15, -0.1) is 0 Å². The molecule has 0 aromatic rings. The van der Waals surface area contributed by atoms with Crippen LogP contribution in [0.1, 0.15) is 71.6 Å². The van der Waals surface area contributed by atoms with Crippen LogP contribution >= 0.6 is 0 Å². The van der Waals surface area contributed by atoms with Crippen LogP contribution in [-0.2, 0) is 4.79 Å². The zero-order chi connectivity index (χ0) is 16.5. The molecule has 23 heavy (non-hydrogen) atoms. The van der Waals surface area contributed by atoms with Gasteiger partial charge in [-0.25, -0.2) is 0 Å². The molecule has 1 fully saturated rings. The monoisotopic (exact) mass is 316 g/mol. The highest BCUT2D eigenvalue weighted by Crippen LogP contribution is 2.26. The second-order valence-corrected chi connectivity index (χ2v) is 6.89. The lowest BCUT2D eigenvalue weighted by atomic mass is 9.87. The van der Waals surface area contributed by atoms with Crippen LogP contribution in [0.3, 0.4) is 0 Å². The predicted octanol–water partition coefficient (Wildman–Crippen LogP) is 4.59. The first-order chi connectivity index (χ1) is 11.2. The number of aliphatic imine (C=N–C) groups is 1. The van der Waals surface area contributed by atoms with Gasteiger partial charge in [-0.05, 0) is 51.4 Å². The summed E-state index contributed by atoms with van der Waals surface area (Å²) in [6.45, 7) is 4.91. The number of carbonyl (C=O) groups excluding carboxylic acids is 1. The van der Waals surface area contributed by atoms with Crippen molar-refractivity contribution in [1.82, 2.24) is 5.32 Å². The molecule has 3 heteroatoms. The summed E-state index contributed by atoms with van der Waals surface area (Å²) in [5.41, 5.74) is 1.97. The number of hydrogen-bond donors (Lipinski definition) is 1. The minimum atomic E-state index is 0.0443. The van der Waals surface area contributed by atoms with Crippen molar-refractivity contribution in [2.45, 2.75) is 77.7 Å². The Bertz CT molecular complexity index is 470. The number of allylic oxidation sites excluding steroid dienone is 3. The van der Waals surface area contributed by atoms with Crippen molar-refractivity contribution in [3.63, 3.8) is 0 Å². The highest BCUT2D eigenvalue weighted by Gasteiger charge is 2.19. The van der Waals surface area contributed by atoms with Crippen molar-refractivity contribution in [2.75, 3.05) is 6.54 Å². The quantitative estimate of drug-likeness (QED) is 0.435. The maximum atomic E-state index is 12.6. The molecule has 1 atom stereocenters. The fourth-order valence-corrected chi connectivity index (χ4v) is 3.46. The first-order valence-corrected chi connectivity index (χ1v) is 9.41. The van der Waals surface area contributed by atoms with Crippen molar-refractivity contribution in [2.24, 2.45) is 10.9 Å². The standard InChI is InChI=1S/C20H32N2O/c1-3-14-21-20(23)19(15-22-18-12-8-5-9-13-18)16(2)17-10-6-4-7-11-17/h6,10,15,17-18H,3-5,7-9,11-14H2,1-2H3,(H,21,23)/b19-16+,22-15?. The third-order valence-corrected chi connectivity index (χ3v) is 5.00. The Labute approximate surface area is 141 Å². The average Bonchev–Trinajstić information content (AvgIpc) is 2.61. The molecule has 0 saturated heterocycles. The van der Waals surface area contributed by atoms with Crippen molar-refractivity contribution in [3.8, 4) is 0 Å². The molecule has 0 aromatic carbocycles. The molecule has 0 bridgehead atoms. The SMILES string of the molecule is CCCNC(=O)/C(C=NC1CCCCC1)=C(\C)C1C=CCCC1. The van der Waals surface area contributed by atoms with Gasteiger partial charge in [0, 0.05) is 18.8 Å². The average molecular weight is 316 g/mol. The van der Waals surface area contributed by atoms with E-state index in [1.165, 1.54) is 44.1 Å². The molecular formula is C20H32N2O. The first kappa shape index (κ1) is 18.0. The van der Waals surface area contributed by atoms with Crippen LogP contribution in [0.15, 0.2) is 28.3 Å². The van der Waals surface area contributed by atoms with E-state index in [1.807, 2.05) is 6.21 Å². The first-order valence-electron chi connectivity index (χ1n) is 9.41. The van der Waals surface area contributed by atoms with E-state index in [4.69, 9.17) is 4.99 Å². The van der Waals surface area contributed by atoms with Gasteiger partial charge in [0.15, 0.2) is 0 Å². The van der Waals surface area contributed by atoms with Crippen molar-refractivity contribution < 1.29 is 4.79 Å². The molecule has 1 amide bonds. The zero-order valence-corrected chi connectivity index (χ0v) is 14.8. The van der Waals surface area contributed by atoms with Crippen molar-refractivity contribution >= 4 is 12.1 Å². The normalized spacial score (nSPS) is 23.8. The number of rotatable bonds is 6. The zero-order valence-electron chi connectivity index (χ0n) is 14.8. The fourth-order valence-electron chi connectivity index (χ4n) is 3.46. The Morgan fingerprint density at radius 1 is 1.22 bits per heavy atom. The number of carbonyl (C=O) groups is 1. The molecule has 1 N–H and O–H groups in total. The largest absolute Gasteiger partial charge is 0.352 e. The second kappa shape index (κ2) is 9.69. The maximum absolute atomic E-state index is 12.6. The fraction of sp³-hybridized carbons (Fsp3) is 0.700. The Morgan fingerprint density at radius 2 is 2.00 bits per heavy atom. The molecule has 2 aliphatic rings. The van der Waals surface area contributed by atoms with E-state index in [-0.39, 0.29) is 5.91 Å². The lowest BCUT2D eigenvalue weighted by molar-refractivity contribution is -0.117. The van der Waals surface area contributed by atoms with Gasteiger partial charge in [0.25, 0.3) is 5.91 Å². The Morgan fingerprint density at radius 3 is 2.65 bits per heavy atom. The Balaban J connectivity index is 2.15. The lowest BCUT2D eigenvalue weighted by Crippen LogP contribution is -2.28. The Hall–Kier alpha value is -1.38. The van der Waals surface area contributed by atoms with Gasteiger partial charge in [0.2, 0.25) is 0 Å². The van der Waals surface area contributed by atoms with Gasteiger partial charge in [-0.3, -0.25) is 9.79 Å². The summed E-state index contributed by atoms with van der Waals surface area (Å²) in [5, 5.41) is 3.03. The molecule has 0 radical (unpaired) electrons. The van der Waals surface area contributed by atoms with E-state index in [9.17, 15) is 4.79 Å². The van der Waals surface area contributed by atoms with E-state index < -0.39 is 0 Å². The third-order valence-electron chi connectivity index (χ3n) is 5.00. The minimum absolute atomic E-state index is 0.0443. The maximum Gasteiger partial charge on any atom is 0.252 e. The summed E-state index contributed by atoms with van der Waals surface area (Å²) in [4.78, 5) is 17.3. The van der Waals surface area contributed by atoms with Gasteiger partial charge in [-0.1, -0.05) is 43.9 Å². The van der Waals surface area contributed by atoms with Crippen LogP contribution in [0.5, 0.6) is 0 Å². The van der Waals surface area contributed by atoms with Crippen LogP contribution in [-0.4, -0.2) is 24.7 Å². The van der Waals surface area contributed by atoms with Crippen molar-refractivity contribution in [3.05, 3.63) is 23.3 Å². The number of hydrogen-bond acceptors (Lipinski definition) is 2. The van der Waals surface area contributed by atoms with Crippen LogP contribution in [0, 0.1) is 5.92 Å². The Kier molecular flexibility index (Phi) is 7.57. The molecule has 128 valence electrons. The van der Waals surface area contributed by atoms with E-state index in [0.29, 0.717) is 12.0 Å². The molecule has 0 heterocycles. The highest BCUT2D eigenvalue weighted by atomic mass is 16.1. The van der Waals surface area contributed by atoms with Gasteiger partial charge < -0.3 is 5.32 Å². The smallest absolute Gasteiger partial charge is 0.252 e. The third kappa shape index (κ3) is 5.63. The summed E-state index contributed by atoms with van der Waals surface area (Å²) in [5.74, 6) is 0.437. The van der Waals surface area contributed by atoms with Gasteiger partial charge in [-0.2, -0.15) is 0 Å². The summed E-state index contributed by atoms with van der Waals surface area (Å²) >= 11 is 0. The van der Waals surface area contributed by atoms with E-state index in [0.717, 1.165) is 31.4 Å². The molecule has 2 aliphatic carbocycles. The van der Waals surface area contributed by atoms with Crippen LogP contribution < -0.4 is 5.32 Å². The number of nitrogens with zero attached hydrogens (tertiary/aromatic N) is 1. The molecule has 0 aliphatic heterocycles. The van der Waals surface area contributed by atoms with Crippen LogP contribution in [0.2, 0.25) is 0 Å². The van der Waals surface area contributed by atoms with E-state index in [1.54, 1.807) is 0 Å². The molecule has 0 spiro atoms. The van der Waals surface area contributed by atoms with Crippen LogP contribution in [0.25, 0.3) is 0 Å². The van der Waals surface area contributed by atoms with E-state index in [2.05, 4.69) is 31.3 Å².